The largest absolute Gasteiger partial charge is 1.00 e. The average Bonchev–Trinajstić information content (AvgIpc) is 2.64. The first-order valence-electron chi connectivity index (χ1n) is 7.69. The molecule has 0 amide bonds. The van der Waals surface area contributed by atoms with Crippen LogP contribution in [0, 0.1) is 0 Å². The van der Waals surface area contributed by atoms with E-state index in [2.05, 4.69) is 23.8 Å². The van der Waals surface area contributed by atoms with Crippen molar-refractivity contribution in [2.75, 3.05) is 23.8 Å². The van der Waals surface area contributed by atoms with Crippen molar-refractivity contribution in [3.05, 3.63) is 36.4 Å². The monoisotopic (exact) mass is 524 g/mol. The second-order valence-electron chi connectivity index (χ2n) is 5.42. The Balaban J connectivity index is 0.00000480. The Kier molecular flexibility index (Phi) is 14.0. The summed E-state index contributed by atoms with van der Waals surface area (Å²) in [6.45, 7) is -0.866. The maximum atomic E-state index is 12.3. The number of hydrogen-bond acceptors (Lipinski definition) is 14. The third kappa shape index (κ3) is 10.3. The normalized spacial score (nSPS) is 11.7. The van der Waals surface area contributed by atoms with Gasteiger partial charge >= 0.3 is 59.1 Å². The van der Waals surface area contributed by atoms with Crippen molar-refractivity contribution in [2.45, 2.75) is 9.79 Å². The molecule has 0 atom stereocenters. The summed E-state index contributed by atoms with van der Waals surface area (Å²) >= 11 is 0.366. The van der Waals surface area contributed by atoms with E-state index in [4.69, 9.17) is 11.5 Å². The molecule has 0 unspecified atom stereocenters. The molecular weight excluding hydrogens is 510 g/mol. The molecule has 0 saturated heterocycles. The number of sulfone groups is 1. The van der Waals surface area contributed by atoms with Gasteiger partial charge in [0.15, 0.2) is 9.84 Å². The predicted octanol–water partition coefficient (Wildman–Crippen LogP) is -5.24. The number of anilines is 2. The molecule has 0 radical (unpaired) electrons. The molecule has 0 fully saturated rings. The molecule has 0 bridgehead atoms. The molecule has 0 aliphatic heterocycles. The number of azo groups is 1. The summed E-state index contributed by atoms with van der Waals surface area (Å²) in [6.07, 6.45) is 0. The van der Waals surface area contributed by atoms with E-state index in [0.29, 0.717) is 17.7 Å². The van der Waals surface area contributed by atoms with Crippen LogP contribution in [-0.2, 0) is 33.8 Å². The summed E-state index contributed by atoms with van der Waals surface area (Å²) < 4.78 is 64.0. The van der Waals surface area contributed by atoms with E-state index in [1.807, 2.05) is 0 Å². The van der Waals surface area contributed by atoms with Gasteiger partial charge in [-0.2, -0.15) is 4.33 Å². The average molecular weight is 524 g/mol. The number of benzene rings is 2. The molecule has 0 aliphatic rings. The van der Waals surface area contributed by atoms with E-state index in [1.54, 1.807) is 6.07 Å². The molecule has 0 saturated carbocycles. The van der Waals surface area contributed by atoms with Crippen molar-refractivity contribution in [2.24, 2.45) is 10.2 Å². The van der Waals surface area contributed by atoms with Crippen LogP contribution in [0.1, 0.15) is 0 Å². The van der Waals surface area contributed by atoms with Gasteiger partial charge in [-0.15, -0.1) is 10.2 Å². The van der Waals surface area contributed by atoms with Gasteiger partial charge in [-0.05, 0) is 36.4 Å². The van der Waals surface area contributed by atoms with Crippen molar-refractivity contribution in [3.8, 4) is 0 Å². The summed E-state index contributed by atoms with van der Waals surface area (Å²) in [7, 11) is -9.08. The Morgan fingerprint density at radius 1 is 0.969 bits per heavy atom. The SMILES string of the molecule is Nc1ccc(N=Nc2ccc(S(=O)(=O)CCOS(=O)(=O)[O-])cc2SOO[O-])c(N)c1.[Na+].[Na+]. The van der Waals surface area contributed by atoms with Crippen LogP contribution in [0.25, 0.3) is 0 Å². The van der Waals surface area contributed by atoms with Gasteiger partial charge in [0.1, 0.15) is 11.4 Å². The van der Waals surface area contributed by atoms with Crippen molar-refractivity contribution in [1.82, 2.24) is 0 Å². The second-order valence-corrected chi connectivity index (χ2v) is 9.32. The zero-order valence-corrected chi connectivity index (χ0v) is 23.3. The first-order valence-corrected chi connectivity index (χ1v) is 11.4. The molecule has 32 heavy (non-hydrogen) atoms. The van der Waals surface area contributed by atoms with Crippen LogP contribution in [0.5, 0.6) is 0 Å². The summed E-state index contributed by atoms with van der Waals surface area (Å²) in [4.78, 5) is -0.251. The third-order valence-electron chi connectivity index (χ3n) is 3.34. The quantitative estimate of drug-likeness (QED) is 0.0435. The van der Waals surface area contributed by atoms with E-state index in [1.165, 1.54) is 18.2 Å². The summed E-state index contributed by atoms with van der Waals surface area (Å²) in [5.74, 6) is -0.791. The molecule has 2 rings (SSSR count). The van der Waals surface area contributed by atoms with Crippen molar-refractivity contribution in [1.29, 1.82) is 0 Å². The molecular formula is C14H14N4Na2O9S3. The van der Waals surface area contributed by atoms with E-state index >= 15 is 0 Å². The van der Waals surface area contributed by atoms with Crippen LogP contribution >= 0.6 is 12.0 Å². The van der Waals surface area contributed by atoms with Gasteiger partial charge in [-0.1, -0.05) is 0 Å². The molecule has 0 heterocycles. The molecule has 164 valence electrons. The Labute approximate surface area is 232 Å². The van der Waals surface area contributed by atoms with Crippen molar-refractivity contribution in [3.63, 3.8) is 0 Å². The fourth-order valence-electron chi connectivity index (χ4n) is 2.02. The van der Waals surface area contributed by atoms with E-state index in [-0.39, 0.29) is 86.0 Å². The van der Waals surface area contributed by atoms with Crippen molar-refractivity contribution >= 4 is 55.0 Å². The molecule has 0 aromatic heterocycles. The standard InChI is InChI=1S/C14H16N4O9S3.2Na/c15-9-1-3-12(11(16)7-9)17-18-13-4-2-10(8-14(13)28-27-26-19)29(20,21)6-5-25-30(22,23)24;;/h1-4,7-8,19H,5-6,15-16H2,(H,22,23,24);;/q;2*+1/p-2. The number of nitrogens with two attached hydrogens (primary N) is 2. The molecule has 0 spiro atoms. The summed E-state index contributed by atoms with van der Waals surface area (Å²) in [6, 6.07) is 8.04. The van der Waals surface area contributed by atoms with Gasteiger partial charge in [-0.3, -0.25) is 9.22 Å². The van der Waals surface area contributed by atoms with Crippen LogP contribution in [-0.4, -0.2) is 33.7 Å². The van der Waals surface area contributed by atoms with Gasteiger partial charge in [0.25, 0.3) is 0 Å². The minimum atomic E-state index is -5.03. The Hall–Kier alpha value is -0.310. The molecule has 13 nitrogen and oxygen atoms in total. The van der Waals surface area contributed by atoms with Gasteiger partial charge in [-0.25, -0.2) is 16.8 Å². The topological polar surface area (TPSA) is 219 Å². The van der Waals surface area contributed by atoms with Crippen LogP contribution in [0.4, 0.5) is 22.7 Å². The predicted molar refractivity (Wildman–Crippen MR) is 102 cm³/mol. The Bertz CT molecular complexity index is 1150. The summed E-state index contributed by atoms with van der Waals surface area (Å²) in [5, 5.41) is 21.3. The fraction of sp³-hybridized carbons (Fsp3) is 0.143. The number of hydrogen-bond donors (Lipinski definition) is 2. The molecule has 0 aliphatic carbocycles. The molecule has 4 N–H and O–H groups in total. The summed E-state index contributed by atoms with van der Waals surface area (Å²) in [5.41, 5.74) is 12.4. The van der Waals surface area contributed by atoms with E-state index in [0.717, 1.165) is 12.1 Å². The first-order chi connectivity index (χ1) is 14.0. The van der Waals surface area contributed by atoms with Gasteiger partial charge in [0.05, 0.1) is 39.9 Å². The van der Waals surface area contributed by atoms with Crippen LogP contribution in [0.3, 0.4) is 0 Å². The Morgan fingerprint density at radius 2 is 1.59 bits per heavy atom. The van der Waals surface area contributed by atoms with Gasteiger partial charge in [0.2, 0.25) is 10.4 Å². The number of nitrogen functional groups attached to an aromatic ring is 2. The molecule has 18 heteroatoms. The number of rotatable bonds is 10. The smallest absolute Gasteiger partial charge is 0.726 e. The zero-order chi connectivity index (χ0) is 22.4. The van der Waals surface area contributed by atoms with Crippen LogP contribution in [0.2, 0.25) is 0 Å². The third-order valence-corrected chi connectivity index (χ3v) is 6.10. The molecule has 2 aromatic rings. The zero-order valence-electron chi connectivity index (χ0n) is 16.8. The second kappa shape index (κ2) is 14.2. The maximum Gasteiger partial charge on any atom is 1.00 e. The van der Waals surface area contributed by atoms with Gasteiger partial charge < -0.3 is 21.3 Å². The van der Waals surface area contributed by atoms with E-state index in [9.17, 15) is 26.6 Å². The van der Waals surface area contributed by atoms with Crippen LogP contribution < -0.4 is 75.8 Å². The van der Waals surface area contributed by atoms with E-state index < -0.39 is 32.6 Å². The van der Waals surface area contributed by atoms with Crippen molar-refractivity contribution < 1.29 is 99.3 Å². The minimum absolute atomic E-state index is 0. The number of nitrogens with zero attached hydrogens (tertiary/aromatic N) is 2. The first kappa shape index (κ1) is 31.7. The van der Waals surface area contributed by atoms with Gasteiger partial charge in [0, 0.05) is 5.69 Å². The minimum Gasteiger partial charge on any atom is -0.726 e. The molecule has 2 aromatic carbocycles. The fourth-order valence-corrected chi connectivity index (χ4v) is 4.07. The maximum absolute atomic E-state index is 12.3. The van der Waals surface area contributed by atoms with Crippen LogP contribution in [0.15, 0.2) is 56.4 Å². The Morgan fingerprint density at radius 3 is 2.19 bits per heavy atom.